The topological polar surface area (TPSA) is 12.0 Å². The van der Waals surface area contributed by atoms with Crippen LogP contribution in [0.2, 0.25) is 0 Å². The molecule has 0 heterocycles. The van der Waals surface area contributed by atoms with Gasteiger partial charge in [0, 0.05) is 11.7 Å². The van der Waals surface area contributed by atoms with Gasteiger partial charge in [-0.25, -0.2) is 0 Å². The number of hydrogen-bond donors (Lipinski definition) is 1. The minimum absolute atomic E-state index is 0.315. The molecule has 0 aliphatic rings. The smallest absolute Gasteiger partial charge is 0.0488 e. The van der Waals surface area contributed by atoms with Gasteiger partial charge in [0.05, 0.1) is 0 Å². The number of rotatable bonds is 3. The van der Waals surface area contributed by atoms with E-state index in [9.17, 15) is 0 Å². The van der Waals surface area contributed by atoms with Gasteiger partial charge < -0.3 is 5.32 Å². The zero-order valence-electron chi connectivity index (χ0n) is 13.5. The predicted octanol–water partition coefficient (Wildman–Crippen LogP) is 5.40. The first-order valence-corrected chi connectivity index (χ1v) is 7.30. The Morgan fingerprint density at radius 3 is 2.10 bits per heavy atom. The highest BCUT2D eigenvalue weighted by Crippen LogP contribution is 2.26. The Labute approximate surface area is 123 Å². The van der Waals surface area contributed by atoms with Crippen molar-refractivity contribution >= 4 is 5.69 Å². The summed E-state index contributed by atoms with van der Waals surface area (Å²) in [6, 6.07) is 11.5. The number of nitrogens with one attached hydrogen (secondary N) is 1. The van der Waals surface area contributed by atoms with E-state index in [4.69, 9.17) is 0 Å². The quantitative estimate of drug-likeness (QED) is 0.785. The van der Waals surface area contributed by atoms with Gasteiger partial charge in [0.15, 0.2) is 0 Å². The number of aryl methyl sites for hydroxylation is 5. The van der Waals surface area contributed by atoms with Crippen LogP contribution >= 0.6 is 0 Å². The van der Waals surface area contributed by atoms with Crippen LogP contribution in [-0.4, -0.2) is 0 Å². The summed E-state index contributed by atoms with van der Waals surface area (Å²) < 4.78 is 0. The average Bonchev–Trinajstić information content (AvgIpc) is 2.38. The van der Waals surface area contributed by atoms with E-state index in [1.165, 1.54) is 39.1 Å². The van der Waals surface area contributed by atoms with Crippen molar-refractivity contribution in [1.29, 1.82) is 0 Å². The van der Waals surface area contributed by atoms with Crippen LogP contribution in [0.1, 0.15) is 46.3 Å². The van der Waals surface area contributed by atoms with Gasteiger partial charge in [-0.1, -0.05) is 24.3 Å². The van der Waals surface area contributed by atoms with E-state index in [1.807, 2.05) is 0 Å². The molecule has 2 aromatic carbocycles. The summed E-state index contributed by atoms with van der Waals surface area (Å²) in [7, 11) is 0. The third kappa shape index (κ3) is 3.04. The van der Waals surface area contributed by atoms with Crippen LogP contribution in [0, 0.1) is 34.6 Å². The van der Waals surface area contributed by atoms with Crippen LogP contribution in [0.25, 0.3) is 0 Å². The molecule has 0 aromatic heterocycles. The van der Waals surface area contributed by atoms with Crippen LogP contribution in [0.5, 0.6) is 0 Å². The lowest BCUT2D eigenvalue weighted by atomic mass is 9.96. The zero-order valence-corrected chi connectivity index (χ0v) is 13.5. The molecule has 0 spiro atoms. The summed E-state index contributed by atoms with van der Waals surface area (Å²) in [5.41, 5.74) is 9.29. The van der Waals surface area contributed by atoms with Gasteiger partial charge in [-0.05, 0) is 81.0 Å². The highest BCUT2D eigenvalue weighted by atomic mass is 14.9. The molecule has 1 unspecified atom stereocenters. The molecular weight excluding hydrogens is 242 g/mol. The Morgan fingerprint density at radius 2 is 1.40 bits per heavy atom. The second-order valence-electron chi connectivity index (χ2n) is 5.98. The highest BCUT2D eigenvalue weighted by molar-refractivity contribution is 5.54. The second kappa shape index (κ2) is 5.70. The maximum atomic E-state index is 3.65. The fraction of sp³-hybridized carbons (Fsp3) is 0.368. The highest BCUT2D eigenvalue weighted by Gasteiger charge is 2.11. The van der Waals surface area contributed by atoms with E-state index in [0.29, 0.717) is 6.04 Å². The molecule has 1 heteroatoms. The summed E-state index contributed by atoms with van der Waals surface area (Å²) in [6.45, 7) is 13.1. The first kappa shape index (κ1) is 14.6. The minimum atomic E-state index is 0.315. The molecule has 1 nitrogen and oxygen atoms in total. The Hall–Kier alpha value is -1.76. The van der Waals surface area contributed by atoms with Gasteiger partial charge in [0.25, 0.3) is 0 Å². The summed E-state index contributed by atoms with van der Waals surface area (Å²) in [5, 5.41) is 3.65. The number of anilines is 1. The molecule has 0 amide bonds. The average molecular weight is 267 g/mol. The summed E-state index contributed by atoms with van der Waals surface area (Å²) >= 11 is 0. The lowest BCUT2D eigenvalue weighted by Crippen LogP contribution is -2.10. The van der Waals surface area contributed by atoms with Crippen LogP contribution in [-0.2, 0) is 0 Å². The van der Waals surface area contributed by atoms with Crippen molar-refractivity contribution in [3.05, 3.63) is 63.7 Å². The number of hydrogen-bond acceptors (Lipinski definition) is 1. The third-order valence-electron chi connectivity index (χ3n) is 4.11. The summed E-state index contributed by atoms with van der Waals surface area (Å²) in [5.74, 6) is 0. The second-order valence-corrected chi connectivity index (χ2v) is 5.98. The molecule has 0 saturated heterocycles. The van der Waals surface area contributed by atoms with Crippen molar-refractivity contribution in [1.82, 2.24) is 0 Å². The molecule has 0 bridgehead atoms. The van der Waals surface area contributed by atoms with Crippen LogP contribution in [0.4, 0.5) is 5.69 Å². The first-order chi connectivity index (χ1) is 9.38. The predicted molar refractivity (Wildman–Crippen MR) is 88.6 cm³/mol. The van der Waals surface area contributed by atoms with E-state index >= 15 is 0 Å². The van der Waals surface area contributed by atoms with Crippen LogP contribution in [0.15, 0.2) is 30.3 Å². The molecule has 1 N–H and O–H groups in total. The molecule has 1 atom stereocenters. The van der Waals surface area contributed by atoms with Crippen molar-refractivity contribution in [2.24, 2.45) is 0 Å². The molecule has 106 valence electrons. The normalized spacial score (nSPS) is 12.3. The summed E-state index contributed by atoms with van der Waals surface area (Å²) in [6.07, 6.45) is 0. The standard InChI is InChI=1S/C19H25N/c1-12-7-8-13(2)19(9-12)20-17(6)18-11-15(4)14(3)10-16(18)5/h7-11,17,20H,1-6H3. The molecule has 2 rings (SSSR count). The van der Waals surface area contributed by atoms with Crippen molar-refractivity contribution in [3.8, 4) is 0 Å². The number of benzene rings is 2. The van der Waals surface area contributed by atoms with Crippen LogP contribution < -0.4 is 5.32 Å². The minimum Gasteiger partial charge on any atom is -0.378 e. The van der Waals surface area contributed by atoms with Crippen molar-refractivity contribution < 1.29 is 0 Å². The Morgan fingerprint density at radius 1 is 0.750 bits per heavy atom. The van der Waals surface area contributed by atoms with E-state index in [-0.39, 0.29) is 0 Å². The van der Waals surface area contributed by atoms with Crippen molar-refractivity contribution in [3.63, 3.8) is 0 Å². The maximum absolute atomic E-state index is 3.65. The van der Waals surface area contributed by atoms with Gasteiger partial charge in [-0.2, -0.15) is 0 Å². The SMILES string of the molecule is Cc1ccc(C)c(NC(C)c2cc(C)c(C)cc2C)c1. The fourth-order valence-electron chi connectivity index (χ4n) is 2.65. The molecule has 0 aliphatic carbocycles. The van der Waals surface area contributed by atoms with E-state index in [1.54, 1.807) is 0 Å². The van der Waals surface area contributed by atoms with Crippen LogP contribution in [0.3, 0.4) is 0 Å². The maximum Gasteiger partial charge on any atom is 0.0488 e. The van der Waals surface area contributed by atoms with Crippen molar-refractivity contribution in [2.75, 3.05) is 5.32 Å². The Balaban J connectivity index is 2.30. The lowest BCUT2D eigenvalue weighted by molar-refractivity contribution is 0.868. The first-order valence-electron chi connectivity index (χ1n) is 7.30. The van der Waals surface area contributed by atoms with Gasteiger partial charge in [0.1, 0.15) is 0 Å². The third-order valence-corrected chi connectivity index (χ3v) is 4.11. The Bertz CT molecular complexity index is 626. The molecule has 0 saturated carbocycles. The molecule has 0 fully saturated rings. The molecule has 0 radical (unpaired) electrons. The Kier molecular flexibility index (Phi) is 4.17. The van der Waals surface area contributed by atoms with E-state index < -0.39 is 0 Å². The molecule has 0 aliphatic heterocycles. The largest absolute Gasteiger partial charge is 0.378 e. The van der Waals surface area contributed by atoms with Gasteiger partial charge in [-0.15, -0.1) is 0 Å². The lowest BCUT2D eigenvalue weighted by Gasteiger charge is -2.21. The zero-order chi connectivity index (χ0) is 14.9. The van der Waals surface area contributed by atoms with Gasteiger partial charge in [-0.3, -0.25) is 0 Å². The van der Waals surface area contributed by atoms with E-state index in [0.717, 1.165) is 0 Å². The van der Waals surface area contributed by atoms with Gasteiger partial charge in [0.2, 0.25) is 0 Å². The molecule has 20 heavy (non-hydrogen) atoms. The fourth-order valence-corrected chi connectivity index (χ4v) is 2.65. The summed E-state index contributed by atoms with van der Waals surface area (Å²) in [4.78, 5) is 0. The monoisotopic (exact) mass is 267 g/mol. The van der Waals surface area contributed by atoms with Crippen molar-refractivity contribution in [2.45, 2.75) is 47.6 Å². The van der Waals surface area contributed by atoms with Gasteiger partial charge >= 0.3 is 0 Å². The molecule has 2 aromatic rings. The molecular formula is C19H25N. The van der Waals surface area contributed by atoms with E-state index in [2.05, 4.69) is 77.2 Å².